The summed E-state index contributed by atoms with van der Waals surface area (Å²) in [6.45, 7) is 9.05. The first-order valence-electron chi connectivity index (χ1n) is 10.9. The Morgan fingerprint density at radius 1 is 1.09 bits per heavy atom. The molecule has 3 rings (SSSR count). The van der Waals surface area contributed by atoms with Crippen LogP contribution in [0.2, 0.25) is 0 Å². The fourth-order valence-electron chi connectivity index (χ4n) is 3.37. The Labute approximate surface area is 193 Å². The molecule has 1 atom stereocenters. The van der Waals surface area contributed by atoms with E-state index in [1.165, 1.54) is 17.3 Å². The smallest absolute Gasteiger partial charge is 0.230 e. The molecule has 0 aliphatic rings. The third-order valence-electron chi connectivity index (χ3n) is 4.93. The molecule has 0 saturated carbocycles. The van der Waals surface area contributed by atoms with Crippen LogP contribution in [0.3, 0.4) is 0 Å². The van der Waals surface area contributed by atoms with E-state index in [2.05, 4.69) is 28.5 Å². The predicted molar refractivity (Wildman–Crippen MR) is 127 cm³/mol. The van der Waals surface area contributed by atoms with Crippen LogP contribution >= 0.6 is 11.8 Å². The highest BCUT2D eigenvalue weighted by atomic mass is 32.2. The van der Waals surface area contributed by atoms with E-state index in [-0.39, 0.29) is 17.7 Å². The second-order valence-electron chi connectivity index (χ2n) is 7.12. The van der Waals surface area contributed by atoms with Crippen LogP contribution in [-0.2, 0) is 11.2 Å². The van der Waals surface area contributed by atoms with Crippen LogP contribution in [-0.4, -0.2) is 39.6 Å². The van der Waals surface area contributed by atoms with Crippen LogP contribution in [0.1, 0.15) is 44.9 Å². The molecule has 3 aromatic rings. The molecule has 1 unspecified atom stereocenters. The predicted octanol–water partition coefficient (Wildman–Crippen LogP) is 4.60. The fourth-order valence-corrected chi connectivity index (χ4v) is 4.10. The monoisotopic (exact) mass is 454 g/mol. The third kappa shape index (κ3) is 5.82. The lowest BCUT2D eigenvalue weighted by molar-refractivity contribution is -0.119. The van der Waals surface area contributed by atoms with Gasteiger partial charge in [0, 0.05) is 0 Å². The van der Waals surface area contributed by atoms with Gasteiger partial charge in [0.05, 0.1) is 30.7 Å². The van der Waals surface area contributed by atoms with Crippen molar-refractivity contribution in [2.45, 2.75) is 45.3 Å². The van der Waals surface area contributed by atoms with Gasteiger partial charge < -0.3 is 14.8 Å². The summed E-state index contributed by atoms with van der Waals surface area (Å²) in [5.41, 5.74) is 3.19. The van der Waals surface area contributed by atoms with Crippen LogP contribution in [0.4, 0.5) is 0 Å². The first-order chi connectivity index (χ1) is 15.6. The Hall–Kier alpha value is -3.00. The number of hydrogen-bond acceptors (Lipinski definition) is 6. The van der Waals surface area contributed by atoms with Gasteiger partial charge in [-0.1, -0.05) is 43.0 Å². The summed E-state index contributed by atoms with van der Waals surface area (Å²) in [5.74, 6) is 1.56. The number of rotatable bonds is 11. The number of para-hydroxylation sites is 1. The van der Waals surface area contributed by atoms with Gasteiger partial charge >= 0.3 is 0 Å². The second-order valence-corrected chi connectivity index (χ2v) is 8.06. The summed E-state index contributed by atoms with van der Waals surface area (Å²) in [7, 11) is 0. The lowest BCUT2D eigenvalue weighted by atomic mass is 10.1. The van der Waals surface area contributed by atoms with E-state index < -0.39 is 0 Å². The van der Waals surface area contributed by atoms with Gasteiger partial charge in [0.1, 0.15) is 6.33 Å². The van der Waals surface area contributed by atoms with Crippen LogP contribution in [0.15, 0.2) is 53.9 Å². The molecule has 0 saturated heterocycles. The van der Waals surface area contributed by atoms with Crippen molar-refractivity contribution in [3.05, 3.63) is 59.9 Å². The quantitative estimate of drug-likeness (QED) is 0.427. The molecule has 1 amide bonds. The molecule has 0 fully saturated rings. The van der Waals surface area contributed by atoms with E-state index >= 15 is 0 Å². The van der Waals surface area contributed by atoms with Crippen LogP contribution in [0.25, 0.3) is 5.69 Å². The van der Waals surface area contributed by atoms with Crippen molar-refractivity contribution in [3.63, 3.8) is 0 Å². The molecular formula is C24H30N4O3S. The van der Waals surface area contributed by atoms with Crippen LogP contribution in [0, 0.1) is 0 Å². The molecule has 2 aromatic carbocycles. The SMILES string of the molecule is CCOc1ccc(C(C)NC(=O)CSc2nncn2-c2ccccc2CC)cc1OCC. The van der Waals surface area contributed by atoms with Crippen LogP contribution in [0.5, 0.6) is 11.5 Å². The average molecular weight is 455 g/mol. The number of carbonyl (C=O) groups excluding carboxylic acids is 1. The van der Waals surface area contributed by atoms with Gasteiger partial charge in [-0.15, -0.1) is 10.2 Å². The molecule has 32 heavy (non-hydrogen) atoms. The van der Waals surface area contributed by atoms with Crippen molar-refractivity contribution >= 4 is 17.7 Å². The van der Waals surface area contributed by atoms with E-state index in [4.69, 9.17) is 9.47 Å². The normalized spacial score (nSPS) is 11.8. The van der Waals surface area contributed by atoms with Gasteiger partial charge in [-0.3, -0.25) is 9.36 Å². The minimum atomic E-state index is -0.170. The van der Waals surface area contributed by atoms with Gasteiger partial charge in [-0.05, 0) is 56.5 Å². The minimum Gasteiger partial charge on any atom is -0.490 e. The van der Waals surface area contributed by atoms with E-state index in [9.17, 15) is 4.79 Å². The highest BCUT2D eigenvalue weighted by Gasteiger charge is 2.16. The second kappa shape index (κ2) is 11.6. The lowest BCUT2D eigenvalue weighted by Gasteiger charge is -2.17. The number of aromatic nitrogens is 3. The molecule has 1 heterocycles. The molecule has 1 aromatic heterocycles. The van der Waals surface area contributed by atoms with Crippen molar-refractivity contribution in [3.8, 4) is 17.2 Å². The van der Waals surface area contributed by atoms with Gasteiger partial charge in [0.15, 0.2) is 16.7 Å². The number of benzene rings is 2. The highest BCUT2D eigenvalue weighted by Crippen LogP contribution is 2.31. The van der Waals surface area contributed by atoms with Gasteiger partial charge in [0.2, 0.25) is 5.91 Å². The number of hydrogen-bond donors (Lipinski definition) is 1. The largest absolute Gasteiger partial charge is 0.490 e. The number of nitrogens with one attached hydrogen (secondary N) is 1. The molecule has 0 bridgehead atoms. The van der Waals surface area contributed by atoms with Crippen molar-refractivity contribution in [2.75, 3.05) is 19.0 Å². The molecular weight excluding hydrogens is 424 g/mol. The molecule has 7 nitrogen and oxygen atoms in total. The highest BCUT2D eigenvalue weighted by molar-refractivity contribution is 7.99. The number of amides is 1. The van der Waals surface area contributed by atoms with Crippen molar-refractivity contribution in [2.24, 2.45) is 0 Å². The molecule has 0 aliphatic heterocycles. The molecule has 0 radical (unpaired) electrons. The van der Waals surface area contributed by atoms with Crippen LogP contribution < -0.4 is 14.8 Å². The molecule has 170 valence electrons. The minimum absolute atomic E-state index is 0.0762. The topological polar surface area (TPSA) is 78.3 Å². The molecule has 0 spiro atoms. The lowest BCUT2D eigenvalue weighted by Crippen LogP contribution is -2.28. The number of ether oxygens (including phenoxy) is 2. The van der Waals surface area contributed by atoms with E-state index in [1.54, 1.807) is 6.33 Å². The third-order valence-corrected chi connectivity index (χ3v) is 5.87. The summed E-state index contributed by atoms with van der Waals surface area (Å²) in [4.78, 5) is 12.6. The number of thioether (sulfide) groups is 1. The molecule has 1 N–H and O–H groups in total. The number of nitrogens with zero attached hydrogens (tertiary/aromatic N) is 3. The van der Waals surface area contributed by atoms with Crippen molar-refractivity contribution in [1.29, 1.82) is 0 Å². The van der Waals surface area contributed by atoms with E-state index in [0.717, 1.165) is 17.7 Å². The van der Waals surface area contributed by atoms with Gasteiger partial charge in [-0.2, -0.15) is 0 Å². The Balaban J connectivity index is 1.64. The maximum absolute atomic E-state index is 12.6. The zero-order valence-electron chi connectivity index (χ0n) is 19.0. The zero-order chi connectivity index (χ0) is 22.9. The van der Waals surface area contributed by atoms with Gasteiger partial charge in [-0.25, -0.2) is 0 Å². The summed E-state index contributed by atoms with van der Waals surface area (Å²) < 4.78 is 13.2. The van der Waals surface area contributed by atoms with Crippen molar-refractivity contribution < 1.29 is 14.3 Å². The Kier molecular flexibility index (Phi) is 8.56. The molecule has 8 heteroatoms. The summed E-state index contributed by atoms with van der Waals surface area (Å²) >= 11 is 1.37. The Bertz CT molecular complexity index is 1040. The summed E-state index contributed by atoms with van der Waals surface area (Å²) in [6, 6.07) is 13.7. The number of aryl methyl sites for hydroxylation is 1. The van der Waals surface area contributed by atoms with Gasteiger partial charge in [0.25, 0.3) is 0 Å². The maximum atomic E-state index is 12.6. The Morgan fingerprint density at radius 3 is 2.59 bits per heavy atom. The first kappa shape index (κ1) is 23.7. The summed E-state index contributed by atoms with van der Waals surface area (Å²) in [6.07, 6.45) is 2.59. The first-order valence-corrected chi connectivity index (χ1v) is 11.9. The van der Waals surface area contributed by atoms with E-state index in [1.807, 2.05) is 61.7 Å². The number of carbonyl (C=O) groups is 1. The van der Waals surface area contributed by atoms with E-state index in [0.29, 0.717) is 29.9 Å². The average Bonchev–Trinajstić information content (AvgIpc) is 3.27. The van der Waals surface area contributed by atoms with Crippen molar-refractivity contribution in [1.82, 2.24) is 20.1 Å². The summed E-state index contributed by atoms with van der Waals surface area (Å²) in [5, 5.41) is 12.0. The maximum Gasteiger partial charge on any atom is 0.230 e. The molecule has 0 aliphatic carbocycles. The fraction of sp³-hybridized carbons (Fsp3) is 0.375. The standard InChI is InChI=1S/C24H30N4O3S/c1-5-18-10-8-9-11-20(18)28-16-25-27-24(28)32-15-23(29)26-17(4)19-12-13-21(30-6-2)22(14-19)31-7-3/h8-14,16-17H,5-7,15H2,1-4H3,(H,26,29). The Morgan fingerprint density at radius 2 is 1.84 bits per heavy atom. The zero-order valence-corrected chi connectivity index (χ0v) is 19.8.